The van der Waals surface area contributed by atoms with Crippen molar-refractivity contribution >= 4 is 56.0 Å². The molecule has 0 unspecified atom stereocenters. The van der Waals surface area contributed by atoms with Gasteiger partial charge in [0.2, 0.25) is 0 Å². The van der Waals surface area contributed by atoms with Gasteiger partial charge in [-0.05, 0) is 32.1 Å². The Morgan fingerprint density at radius 3 is 1.62 bits per heavy atom. The van der Waals surface area contributed by atoms with E-state index in [9.17, 15) is 0 Å². The summed E-state index contributed by atoms with van der Waals surface area (Å²) in [7, 11) is -3.13. The van der Waals surface area contributed by atoms with Crippen molar-refractivity contribution in [2.75, 3.05) is 10.7 Å². The molecule has 0 aliphatic heterocycles. The molecule has 0 atom stereocenters. The molecule has 16 heavy (non-hydrogen) atoms. The molecule has 0 fully saturated rings. The molecule has 0 bridgehead atoms. The van der Waals surface area contributed by atoms with E-state index in [1.807, 2.05) is 0 Å². The minimum absolute atomic E-state index is 0.397. The van der Waals surface area contributed by atoms with Gasteiger partial charge >= 0.3 is 8.25 Å². The topological polar surface area (TPSA) is 57.5 Å². The summed E-state index contributed by atoms with van der Waals surface area (Å²) < 4.78 is 9.14. The van der Waals surface area contributed by atoms with Gasteiger partial charge in [-0.25, -0.2) is 0 Å². The lowest BCUT2D eigenvalue weighted by Crippen LogP contribution is -2.19. The normalized spacial score (nSPS) is 11.2. The highest BCUT2D eigenvalue weighted by molar-refractivity contribution is 9.10. The molecular formula is C9H20Br3O3P. The molecule has 0 spiro atoms. The lowest BCUT2D eigenvalue weighted by Gasteiger charge is -2.25. The Bertz CT molecular complexity index is 169. The van der Waals surface area contributed by atoms with Crippen molar-refractivity contribution in [2.45, 2.75) is 43.4 Å². The van der Waals surface area contributed by atoms with Gasteiger partial charge in [-0.3, -0.25) is 4.57 Å². The Kier molecular flexibility index (Phi) is 16.2. The third-order valence-electron chi connectivity index (χ3n) is 2.15. The summed E-state index contributed by atoms with van der Waals surface area (Å²) in [6.45, 7) is 2.26. The monoisotopic (exact) mass is 444 g/mol. The predicted molar refractivity (Wildman–Crippen MR) is 81.4 cm³/mol. The van der Waals surface area contributed by atoms with Gasteiger partial charge in [-0.2, -0.15) is 0 Å². The van der Waals surface area contributed by atoms with Gasteiger partial charge in [0.1, 0.15) is 0 Å². The standard InChI is InChI=1S/C9H17Br3.H3O3P/c1-2-9(12,5-3-7-10)6-4-8-11;1-4(2)3/h2-8H2,1H3;4H,(H2,1,2,3). The van der Waals surface area contributed by atoms with Gasteiger partial charge < -0.3 is 9.79 Å². The van der Waals surface area contributed by atoms with Crippen molar-refractivity contribution in [1.29, 1.82) is 0 Å². The maximum absolute atomic E-state index is 8.74. The molecule has 0 aromatic heterocycles. The van der Waals surface area contributed by atoms with Crippen molar-refractivity contribution in [1.82, 2.24) is 0 Å². The van der Waals surface area contributed by atoms with Crippen molar-refractivity contribution < 1.29 is 14.4 Å². The highest BCUT2D eigenvalue weighted by Gasteiger charge is 2.22. The fourth-order valence-corrected chi connectivity index (χ4v) is 2.37. The zero-order valence-corrected chi connectivity index (χ0v) is 15.1. The van der Waals surface area contributed by atoms with Crippen LogP contribution in [0.2, 0.25) is 0 Å². The molecule has 0 aliphatic carbocycles. The maximum Gasteiger partial charge on any atom is 0.314 e. The van der Waals surface area contributed by atoms with Crippen LogP contribution in [0.15, 0.2) is 0 Å². The van der Waals surface area contributed by atoms with Gasteiger partial charge in [-0.15, -0.1) is 0 Å². The third-order valence-corrected chi connectivity index (χ3v) is 4.63. The summed E-state index contributed by atoms with van der Waals surface area (Å²) in [6, 6.07) is 0. The van der Waals surface area contributed by atoms with E-state index < -0.39 is 8.25 Å². The summed E-state index contributed by atoms with van der Waals surface area (Å²) in [5.74, 6) is 0. The Balaban J connectivity index is 0. The highest BCUT2D eigenvalue weighted by atomic mass is 79.9. The molecule has 0 heterocycles. The van der Waals surface area contributed by atoms with E-state index in [1.165, 1.54) is 32.1 Å². The van der Waals surface area contributed by atoms with Gasteiger partial charge in [0.05, 0.1) is 0 Å². The van der Waals surface area contributed by atoms with Crippen LogP contribution in [0.5, 0.6) is 0 Å². The average Bonchev–Trinajstić information content (AvgIpc) is 2.23. The number of rotatable bonds is 7. The van der Waals surface area contributed by atoms with E-state index in [0.29, 0.717) is 4.32 Å². The molecule has 0 saturated carbocycles. The third kappa shape index (κ3) is 15.6. The fourth-order valence-electron chi connectivity index (χ4n) is 1.25. The van der Waals surface area contributed by atoms with Gasteiger partial charge in [-0.1, -0.05) is 54.7 Å². The van der Waals surface area contributed by atoms with E-state index in [0.717, 1.165) is 10.7 Å². The second kappa shape index (κ2) is 13.0. The largest absolute Gasteiger partial charge is 0.326 e. The quantitative estimate of drug-likeness (QED) is 0.454. The first-order valence-corrected chi connectivity index (χ1v) is 9.48. The summed E-state index contributed by atoms with van der Waals surface area (Å²) in [5.41, 5.74) is 0. The van der Waals surface area contributed by atoms with Crippen LogP contribution in [-0.4, -0.2) is 24.8 Å². The van der Waals surface area contributed by atoms with Crippen LogP contribution < -0.4 is 0 Å². The number of hydrogen-bond acceptors (Lipinski definition) is 1. The highest BCUT2D eigenvalue weighted by Crippen LogP contribution is 2.33. The number of alkyl halides is 3. The lowest BCUT2D eigenvalue weighted by atomic mass is 9.95. The van der Waals surface area contributed by atoms with E-state index in [2.05, 4.69) is 54.7 Å². The molecule has 0 rings (SSSR count). The fraction of sp³-hybridized carbons (Fsp3) is 1.00. The molecular weight excluding hydrogens is 427 g/mol. The van der Waals surface area contributed by atoms with E-state index in [-0.39, 0.29) is 0 Å². The van der Waals surface area contributed by atoms with Crippen molar-refractivity contribution in [3.63, 3.8) is 0 Å². The minimum Gasteiger partial charge on any atom is -0.326 e. The van der Waals surface area contributed by atoms with Crippen LogP contribution in [0, 0.1) is 0 Å². The maximum atomic E-state index is 8.74. The zero-order chi connectivity index (χ0) is 13.0. The predicted octanol–water partition coefficient (Wildman–Crippen LogP) is 4.24. The van der Waals surface area contributed by atoms with Crippen molar-refractivity contribution in [3.05, 3.63) is 0 Å². The molecule has 0 aromatic carbocycles. The van der Waals surface area contributed by atoms with Gasteiger partial charge in [0, 0.05) is 15.0 Å². The second-order valence-electron chi connectivity index (χ2n) is 3.37. The first-order chi connectivity index (χ1) is 7.41. The van der Waals surface area contributed by atoms with Crippen LogP contribution in [0.25, 0.3) is 0 Å². The zero-order valence-electron chi connectivity index (χ0n) is 9.39. The summed E-state index contributed by atoms with van der Waals surface area (Å²) >= 11 is 10.8. The van der Waals surface area contributed by atoms with Crippen molar-refractivity contribution in [3.8, 4) is 0 Å². The van der Waals surface area contributed by atoms with Crippen LogP contribution in [0.3, 0.4) is 0 Å². The van der Waals surface area contributed by atoms with Crippen LogP contribution in [-0.2, 0) is 4.57 Å². The van der Waals surface area contributed by atoms with Crippen LogP contribution in [0.4, 0.5) is 0 Å². The smallest absolute Gasteiger partial charge is 0.314 e. The second-order valence-corrected chi connectivity index (χ2v) is 7.21. The van der Waals surface area contributed by atoms with Gasteiger partial charge in [0.25, 0.3) is 0 Å². The van der Waals surface area contributed by atoms with E-state index in [1.54, 1.807) is 0 Å². The SMILES string of the molecule is CCC(Br)(CCCBr)CCCBr.O=[PH](O)O. The summed E-state index contributed by atoms with van der Waals surface area (Å²) in [6.07, 6.45) is 6.32. The summed E-state index contributed by atoms with van der Waals surface area (Å²) in [4.78, 5) is 14.3. The molecule has 3 nitrogen and oxygen atoms in total. The summed E-state index contributed by atoms with van der Waals surface area (Å²) in [5, 5.41) is 2.24. The average molecular weight is 447 g/mol. The molecule has 0 aliphatic rings. The molecule has 0 saturated heterocycles. The Morgan fingerprint density at radius 1 is 1.12 bits per heavy atom. The molecule has 7 heteroatoms. The van der Waals surface area contributed by atoms with E-state index >= 15 is 0 Å². The Morgan fingerprint density at radius 2 is 1.44 bits per heavy atom. The molecule has 2 N–H and O–H groups in total. The van der Waals surface area contributed by atoms with Gasteiger partial charge in [0.15, 0.2) is 0 Å². The lowest BCUT2D eigenvalue weighted by molar-refractivity contribution is 0.405. The molecule has 0 amide bonds. The molecule has 100 valence electrons. The number of halogens is 3. The van der Waals surface area contributed by atoms with Crippen LogP contribution >= 0.6 is 56.0 Å². The Hall–Kier alpha value is 1.59. The van der Waals surface area contributed by atoms with E-state index in [4.69, 9.17) is 14.4 Å². The first kappa shape index (κ1) is 19.9. The van der Waals surface area contributed by atoms with Crippen LogP contribution in [0.1, 0.15) is 39.0 Å². The molecule has 0 aromatic rings. The first-order valence-electron chi connectivity index (χ1n) is 5.14. The minimum atomic E-state index is -3.13. The van der Waals surface area contributed by atoms with Crippen molar-refractivity contribution in [2.24, 2.45) is 0 Å². The Labute approximate surface area is 124 Å². The number of hydrogen-bond donors (Lipinski definition) is 2. The molecule has 0 radical (unpaired) electrons.